The van der Waals surface area contributed by atoms with Crippen molar-refractivity contribution in [2.75, 3.05) is 31.6 Å². The van der Waals surface area contributed by atoms with E-state index >= 15 is 0 Å². The summed E-state index contributed by atoms with van der Waals surface area (Å²) in [7, 11) is 1.79. The van der Waals surface area contributed by atoms with Gasteiger partial charge in [0, 0.05) is 44.1 Å². The monoisotopic (exact) mass is 257 g/mol. The molecule has 0 aliphatic carbocycles. The molecule has 2 rings (SSSR count). The van der Waals surface area contributed by atoms with Gasteiger partial charge >= 0.3 is 0 Å². The van der Waals surface area contributed by atoms with Gasteiger partial charge in [-0.2, -0.15) is 11.8 Å². The molecular weight excluding hydrogens is 238 g/mol. The first-order chi connectivity index (χ1) is 8.16. The Hall–Kier alpha value is -0.750. The Bertz CT molecular complexity index is 305. The molecule has 0 spiro atoms. The lowest BCUT2D eigenvalue weighted by molar-refractivity contribution is -0.134. The van der Waals surface area contributed by atoms with Gasteiger partial charge in [-0.25, -0.2) is 0 Å². The van der Waals surface area contributed by atoms with Crippen LogP contribution in [-0.4, -0.2) is 60.4 Å². The molecule has 96 valence electrons. The second kappa shape index (κ2) is 5.73. The third kappa shape index (κ3) is 3.35. The molecule has 2 aliphatic rings. The van der Waals surface area contributed by atoms with E-state index in [0.717, 1.165) is 24.5 Å². The largest absolute Gasteiger partial charge is 0.350 e. The SMILES string of the molecule is CN1CC(NC(=O)C2CSCCN2)CCC1=O. The molecule has 2 amide bonds. The van der Waals surface area contributed by atoms with Crippen LogP contribution in [0.5, 0.6) is 0 Å². The van der Waals surface area contributed by atoms with Crippen LogP contribution in [0.2, 0.25) is 0 Å². The zero-order chi connectivity index (χ0) is 12.3. The summed E-state index contributed by atoms with van der Waals surface area (Å²) in [5, 5.41) is 6.25. The number of amides is 2. The number of hydrogen-bond donors (Lipinski definition) is 2. The van der Waals surface area contributed by atoms with Gasteiger partial charge in [-0.15, -0.1) is 0 Å². The molecule has 0 aromatic carbocycles. The summed E-state index contributed by atoms with van der Waals surface area (Å²) in [6, 6.07) is 0.0376. The molecule has 0 aromatic heterocycles. The standard InChI is InChI=1S/C11H19N3O2S/c1-14-6-8(2-3-10(14)15)13-11(16)9-7-17-5-4-12-9/h8-9,12H,2-7H2,1H3,(H,13,16). The van der Waals surface area contributed by atoms with Gasteiger partial charge in [-0.1, -0.05) is 0 Å². The highest BCUT2D eigenvalue weighted by Gasteiger charge is 2.27. The predicted octanol–water partition coefficient (Wildman–Crippen LogP) is -0.572. The van der Waals surface area contributed by atoms with Crippen LogP contribution in [0, 0.1) is 0 Å². The maximum Gasteiger partial charge on any atom is 0.238 e. The maximum absolute atomic E-state index is 12.0. The van der Waals surface area contributed by atoms with Crippen molar-refractivity contribution in [1.29, 1.82) is 0 Å². The molecule has 2 atom stereocenters. The fraction of sp³-hybridized carbons (Fsp3) is 0.818. The van der Waals surface area contributed by atoms with E-state index in [0.29, 0.717) is 13.0 Å². The molecule has 2 fully saturated rings. The minimum absolute atomic E-state index is 0.0725. The quantitative estimate of drug-likeness (QED) is 0.695. The number of likely N-dealkylation sites (tertiary alicyclic amines) is 1. The zero-order valence-corrected chi connectivity index (χ0v) is 10.9. The molecule has 0 saturated carbocycles. The summed E-state index contributed by atoms with van der Waals surface area (Å²) in [6.45, 7) is 1.52. The number of rotatable bonds is 2. The first kappa shape index (κ1) is 12.7. The number of thioether (sulfide) groups is 1. The lowest BCUT2D eigenvalue weighted by Crippen LogP contribution is -2.55. The predicted molar refractivity (Wildman–Crippen MR) is 67.9 cm³/mol. The summed E-state index contributed by atoms with van der Waals surface area (Å²) < 4.78 is 0. The van der Waals surface area contributed by atoms with Crippen LogP contribution >= 0.6 is 11.8 Å². The Morgan fingerprint density at radius 1 is 1.59 bits per heavy atom. The van der Waals surface area contributed by atoms with Crippen molar-refractivity contribution in [3.05, 3.63) is 0 Å². The van der Waals surface area contributed by atoms with Gasteiger partial charge in [0.15, 0.2) is 0 Å². The van der Waals surface area contributed by atoms with Crippen LogP contribution in [0.25, 0.3) is 0 Å². The molecule has 17 heavy (non-hydrogen) atoms. The Labute approximate surface area is 106 Å². The average Bonchev–Trinajstić information content (AvgIpc) is 2.35. The van der Waals surface area contributed by atoms with Crippen LogP contribution < -0.4 is 10.6 Å². The lowest BCUT2D eigenvalue weighted by atomic mass is 10.1. The van der Waals surface area contributed by atoms with Crippen LogP contribution in [0.1, 0.15) is 12.8 Å². The molecule has 2 aliphatic heterocycles. The minimum atomic E-state index is -0.0725. The average molecular weight is 257 g/mol. The normalized spacial score (nSPS) is 30.2. The molecule has 2 saturated heterocycles. The second-order valence-electron chi connectivity index (χ2n) is 4.60. The second-order valence-corrected chi connectivity index (χ2v) is 5.75. The van der Waals surface area contributed by atoms with Gasteiger partial charge in [0.05, 0.1) is 6.04 Å². The summed E-state index contributed by atoms with van der Waals surface area (Å²) >= 11 is 1.81. The third-order valence-electron chi connectivity index (χ3n) is 3.21. The number of nitrogens with zero attached hydrogens (tertiary/aromatic N) is 1. The van der Waals surface area contributed by atoms with Crippen molar-refractivity contribution in [1.82, 2.24) is 15.5 Å². The number of likely N-dealkylation sites (N-methyl/N-ethyl adjacent to an activating group) is 1. The van der Waals surface area contributed by atoms with E-state index in [1.807, 2.05) is 0 Å². The van der Waals surface area contributed by atoms with E-state index in [1.54, 1.807) is 23.7 Å². The number of hydrogen-bond acceptors (Lipinski definition) is 4. The van der Waals surface area contributed by atoms with E-state index in [1.165, 1.54) is 0 Å². The van der Waals surface area contributed by atoms with Crippen molar-refractivity contribution in [3.63, 3.8) is 0 Å². The van der Waals surface area contributed by atoms with Gasteiger partial charge < -0.3 is 15.5 Å². The number of carbonyl (C=O) groups is 2. The molecule has 0 bridgehead atoms. The van der Waals surface area contributed by atoms with Gasteiger partial charge in [0.1, 0.15) is 0 Å². The first-order valence-corrected chi connectivity index (χ1v) is 7.18. The highest BCUT2D eigenvalue weighted by atomic mass is 32.2. The highest BCUT2D eigenvalue weighted by Crippen LogP contribution is 2.11. The molecule has 0 aromatic rings. The topological polar surface area (TPSA) is 61.4 Å². The van der Waals surface area contributed by atoms with E-state index in [4.69, 9.17) is 0 Å². The molecule has 5 nitrogen and oxygen atoms in total. The van der Waals surface area contributed by atoms with Gasteiger partial charge in [0.25, 0.3) is 0 Å². The van der Waals surface area contributed by atoms with Crippen LogP contribution in [-0.2, 0) is 9.59 Å². The summed E-state index contributed by atoms with van der Waals surface area (Å²) in [5.74, 6) is 2.16. The maximum atomic E-state index is 12.0. The van der Waals surface area contributed by atoms with E-state index < -0.39 is 0 Å². The van der Waals surface area contributed by atoms with Gasteiger partial charge in [-0.3, -0.25) is 9.59 Å². The van der Waals surface area contributed by atoms with Crippen molar-refractivity contribution in [2.24, 2.45) is 0 Å². The van der Waals surface area contributed by atoms with Crippen molar-refractivity contribution in [3.8, 4) is 0 Å². The van der Waals surface area contributed by atoms with E-state index in [9.17, 15) is 9.59 Å². The fourth-order valence-electron chi connectivity index (χ4n) is 2.17. The van der Waals surface area contributed by atoms with Crippen LogP contribution in [0.4, 0.5) is 0 Å². The number of piperidine rings is 1. The van der Waals surface area contributed by atoms with Crippen molar-refractivity contribution in [2.45, 2.75) is 24.9 Å². The summed E-state index contributed by atoms with van der Waals surface area (Å²) in [6.07, 6.45) is 1.29. The van der Waals surface area contributed by atoms with Crippen molar-refractivity contribution < 1.29 is 9.59 Å². The minimum Gasteiger partial charge on any atom is -0.350 e. The zero-order valence-electron chi connectivity index (χ0n) is 10.1. The fourth-order valence-corrected chi connectivity index (χ4v) is 3.10. The van der Waals surface area contributed by atoms with Crippen LogP contribution in [0.15, 0.2) is 0 Å². The Morgan fingerprint density at radius 3 is 3.06 bits per heavy atom. The van der Waals surface area contributed by atoms with E-state index in [-0.39, 0.29) is 23.9 Å². The van der Waals surface area contributed by atoms with Gasteiger partial charge in [-0.05, 0) is 6.42 Å². The summed E-state index contributed by atoms with van der Waals surface area (Å²) in [5.41, 5.74) is 0. The van der Waals surface area contributed by atoms with Gasteiger partial charge in [0.2, 0.25) is 11.8 Å². The first-order valence-electron chi connectivity index (χ1n) is 6.02. The smallest absolute Gasteiger partial charge is 0.238 e. The number of carbonyl (C=O) groups excluding carboxylic acids is 2. The molecule has 6 heteroatoms. The van der Waals surface area contributed by atoms with Crippen molar-refractivity contribution >= 4 is 23.6 Å². The van der Waals surface area contributed by atoms with Crippen LogP contribution in [0.3, 0.4) is 0 Å². The number of nitrogens with one attached hydrogen (secondary N) is 2. The molecule has 2 heterocycles. The third-order valence-corrected chi connectivity index (χ3v) is 4.27. The Balaban J connectivity index is 1.80. The van der Waals surface area contributed by atoms with E-state index in [2.05, 4.69) is 10.6 Å². The lowest BCUT2D eigenvalue weighted by Gasteiger charge is -2.32. The summed E-state index contributed by atoms with van der Waals surface area (Å²) in [4.78, 5) is 25.0. The molecule has 2 unspecified atom stereocenters. The molecular formula is C11H19N3O2S. The molecule has 0 radical (unpaired) electrons. The Kier molecular flexibility index (Phi) is 4.28. The molecule has 2 N–H and O–H groups in total. The Morgan fingerprint density at radius 2 is 2.41 bits per heavy atom. The highest BCUT2D eigenvalue weighted by molar-refractivity contribution is 7.99.